The summed E-state index contributed by atoms with van der Waals surface area (Å²) in [6.45, 7) is 4.35. The third kappa shape index (κ3) is 4.67. The zero-order valence-corrected chi connectivity index (χ0v) is 22.8. The maximum atomic E-state index is 12.9. The molecule has 8 N–H and O–H groups in total. The molecule has 204 valence electrons. The fourth-order valence-electron chi connectivity index (χ4n) is 4.85. The summed E-state index contributed by atoms with van der Waals surface area (Å²) < 4.78 is 0. The molecule has 0 bridgehead atoms. The molecule has 0 radical (unpaired) electrons. The van der Waals surface area contributed by atoms with Gasteiger partial charge in [-0.15, -0.1) is 10.2 Å². The van der Waals surface area contributed by atoms with Crippen molar-refractivity contribution in [3.05, 3.63) is 58.9 Å². The molecule has 3 aliphatic rings. The number of piperidine rings is 1. The molecule has 0 saturated carbocycles. The van der Waals surface area contributed by atoms with Crippen molar-refractivity contribution in [2.24, 2.45) is 16.6 Å². The van der Waals surface area contributed by atoms with Gasteiger partial charge in [0, 0.05) is 18.0 Å². The van der Waals surface area contributed by atoms with Crippen molar-refractivity contribution in [2.45, 2.75) is 35.8 Å². The van der Waals surface area contributed by atoms with Crippen molar-refractivity contribution < 1.29 is 15.0 Å². The summed E-state index contributed by atoms with van der Waals surface area (Å²) >= 11 is 7.75. The summed E-state index contributed by atoms with van der Waals surface area (Å²) in [6.07, 6.45) is 6.70. The van der Waals surface area contributed by atoms with Crippen LogP contribution in [0.5, 0.6) is 0 Å². The Balaban J connectivity index is 1.30. The standard InChI is InChI=1S/C26H29ClN8O3S/c1-25(13-28)9-11-35(12-10-25)24-32-21(30)23(33-34-24)39-15-6-4-5-14(18(15)27)31-22(38)17-19(36)26(20(17)37)8-3-2-7-16(26)29/h2-8,19,29,36-37H,9-13,28H2,1H3,(H,31,38)(H2,30,32,34). The topological polar surface area (TPSA) is 187 Å². The number of anilines is 3. The second kappa shape index (κ2) is 10.3. The molecule has 2 unspecified atom stereocenters. The number of hydrogen-bond acceptors (Lipinski definition) is 11. The SMILES string of the molecule is CC1(CN)CCN(c2nnc(Sc3cccc(NC(=O)C4=C(O)C5(C=CC=CC5=N)C4O)c3Cl)c(N)n2)CC1. The van der Waals surface area contributed by atoms with Crippen LogP contribution in [0.3, 0.4) is 0 Å². The zero-order valence-electron chi connectivity index (χ0n) is 21.2. The number of amides is 1. The van der Waals surface area contributed by atoms with Gasteiger partial charge < -0.3 is 37.3 Å². The molecule has 39 heavy (non-hydrogen) atoms. The summed E-state index contributed by atoms with van der Waals surface area (Å²) in [5.74, 6) is -0.416. The summed E-state index contributed by atoms with van der Waals surface area (Å²) in [5.41, 5.74) is 10.9. The van der Waals surface area contributed by atoms with Crippen molar-refractivity contribution >= 4 is 52.4 Å². The van der Waals surface area contributed by atoms with Crippen LogP contribution in [0.15, 0.2) is 63.8 Å². The second-order valence-corrected chi connectivity index (χ2v) is 11.6. The Morgan fingerprint density at radius 1 is 1.31 bits per heavy atom. The monoisotopic (exact) mass is 568 g/mol. The molecule has 5 rings (SSSR count). The molecule has 1 aromatic heterocycles. The minimum absolute atomic E-state index is 0.00405. The number of aliphatic hydroxyl groups is 2. The van der Waals surface area contributed by atoms with Crippen molar-refractivity contribution in [2.75, 3.05) is 35.6 Å². The summed E-state index contributed by atoms with van der Waals surface area (Å²) in [7, 11) is 0. The molecule has 13 heteroatoms. The van der Waals surface area contributed by atoms with E-state index in [2.05, 4.69) is 27.4 Å². The van der Waals surface area contributed by atoms with E-state index >= 15 is 0 Å². The Hall–Kier alpha value is -3.45. The molecule has 11 nitrogen and oxygen atoms in total. The predicted molar refractivity (Wildman–Crippen MR) is 151 cm³/mol. The van der Waals surface area contributed by atoms with E-state index in [1.165, 1.54) is 12.2 Å². The lowest BCUT2D eigenvalue weighted by Crippen LogP contribution is -2.54. The maximum absolute atomic E-state index is 12.9. The first-order valence-corrected chi connectivity index (χ1v) is 13.6. The molecule has 2 atom stereocenters. The molecule has 1 saturated heterocycles. The van der Waals surface area contributed by atoms with Crippen LogP contribution in [0.4, 0.5) is 17.5 Å². The van der Waals surface area contributed by atoms with Crippen LogP contribution in [-0.2, 0) is 4.79 Å². The minimum atomic E-state index is -1.41. The highest BCUT2D eigenvalue weighted by molar-refractivity contribution is 7.99. The average Bonchev–Trinajstić information content (AvgIpc) is 2.92. The third-order valence-electron chi connectivity index (χ3n) is 7.61. The zero-order chi connectivity index (χ0) is 27.9. The average molecular weight is 569 g/mol. The fourth-order valence-corrected chi connectivity index (χ4v) is 5.93. The van der Waals surface area contributed by atoms with Crippen LogP contribution in [-0.4, -0.2) is 62.8 Å². The highest BCUT2D eigenvalue weighted by Gasteiger charge is 2.57. The maximum Gasteiger partial charge on any atom is 0.257 e. The van der Waals surface area contributed by atoms with E-state index in [0.717, 1.165) is 37.7 Å². The number of benzene rings is 1. The quantitative estimate of drug-likeness (QED) is 0.302. The van der Waals surface area contributed by atoms with E-state index < -0.39 is 17.4 Å². The van der Waals surface area contributed by atoms with Gasteiger partial charge in [-0.2, -0.15) is 4.98 Å². The summed E-state index contributed by atoms with van der Waals surface area (Å²) in [4.78, 5) is 20.0. The van der Waals surface area contributed by atoms with Gasteiger partial charge in [0.05, 0.1) is 22.0 Å². The number of nitrogen functional groups attached to an aromatic ring is 1. The summed E-state index contributed by atoms with van der Waals surface area (Å²) in [6, 6.07) is 5.02. The lowest BCUT2D eigenvalue weighted by Gasteiger charge is -2.45. The Labute approximate surface area is 234 Å². The molecular formula is C26H29ClN8O3S. The van der Waals surface area contributed by atoms with E-state index in [9.17, 15) is 15.0 Å². The Bertz CT molecular complexity index is 1440. The lowest BCUT2D eigenvalue weighted by molar-refractivity contribution is -0.115. The van der Waals surface area contributed by atoms with Gasteiger partial charge in [-0.25, -0.2) is 0 Å². The van der Waals surface area contributed by atoms with Crippen LogP contribution in [0, 0.1) is 16.2 Å². The Kier molecular flexibility index (Phi) is 7.14. The van der Waals surface area contributed by atoms with Crippen LogP contribution < -0.4 is 21.7 Å². The third-order valence-corrected chi connectivity index (χ3v) is 9.17. The van der Waals surface area contributed by atoms with Crippen LogP contribution in [0.1, 0.15) is 19.8 Å². The predicted octanol–water partition coefficient (Wildman–Crippen LogP) is 3.08. The molecule has 1 amide bonds. The molecule has 1 spiro atoms. The highest BCUT2D eigenvalue weighted by atomic mass is 35.5. The number of aromatic nitrogens is 3. The molecule has 2 aliphatic carbocycles. The van der Waals surface area contributed by atoms with Crippen molar-refractivity contribution in [3.63, 3.8) is 0 Å². The smallest absolute Gasteiger partial charge is 0.257 e. The van der Waals surface area contributed by atoms with E-state index in [4.69, 9.17) is 28.5 Å². The number of carbonyl (C=O) groups excluding carboxylic acids is 1. The highest BCUT2D eigenvalue weighted by Crippen LogP contribution is 2.49. The van der Waals surface area contributed by atoms with Crippen molar-refractivity contribution in [1.29, 1.82) is 5.41 Å². The van der Waals surface area contributed by atoms with Crippen LogP contribution >= 0.6 is 23.4 Å². The van der Waals surface area contributed by atoms with Crippen LogP contribution in [0.25, 0.3) is 0 Å². The molecular weight excluding hydrogens is 540 g/mol. The molecule has 1 aromatic carbocycles. The van der Waals surface area contributed by atoms with E-state index in [1.807, 2.05) is 4.90 Å². The number of aliphatic hydroxyl groups excluding tert-OH is 2. The number of nitrogens with zero attached hydrogens (tertiary/aromatic N) is 4. The van der Waals surface area contributed by atoms with Crippen molar-refractivity contribution in [1.82, 2.24) is 15.2 Å². The van der Waals surface area contributed by atoms with Gasteiger partial charge >= 0.3 is 0 Å². The minimum Gasteiger partial charge on any atom is -0.510 e. The van der Waals surface area contributed by atoms with Gasteiger partial charge in [0.2, 0.25) is 5.95 Å². The Morgan fingerprint density at radius 3 is 2.69 bits per heavy atom. The molecule has 2 aromatic rings. The van der Waals surface area contributed by atoms with E-state index in [0.29, 0.717) is 22.4 Å². The van der Waals surface area contributed by atoms with Crippen LogP contribution in [0.2, 0.25) is 5.02 Å². The molecule has 1 aliphatic heterocycles. The van der Waals surface area contributed by atoms with Gasteiger partial charge in [0.15, 0.2) is 10.8 Å². The van der Waals surface area contributed by atoms with Crippen molar-refractivity contribution in [3.8, 4) is 0 Å². The summed E-state index contributed by atoms with van der Waals surface area (Å²) in [5, 5.41) is 41.2. The number of carbonyl (C=O) groups is 1. The second-order valence-electron chi connectivity index (χ2n) is 10.1. The number of hydrogen-bond donors (Lipinski definition) is 6. The van der Waals surface area contributed by atoms with Gasteiger partial charge in [-0.1, -0.05) is 54.6 Å². The first-order valence-electron chi connectivity index (χ1n) is 12.4. The van der Waals surface area contributed by atoms with Gasteiger partial charge in [0.1, 0.15) is 17.3 Å². The largest absolute Gasteiger partial charge is 0.510 e. The lowest BCUT2D eigenvalue weighted by atomic mass is 9.61. The fraction of sp³-hybridized carbons (Fsp3) is 0.346. The Morgan fingerprint density at radius 2 is 2.05 bits per heavy atom. The molecule has 2 heterocycles. The number of rotatable bonds is 6. The van der Waals surface area contributed by atoms with Gasteiger partial charge in [-0.3, -0.25) is 4.79 Å². The number of halogens is 1. The first-order chi connectivity index (χ1) is 18.6. The molecule has 1 fully saturated rings. The van der Waals surface area contributed by atoms with E-state index in [1.54, 1.807) is 30.4 Å². The normalized spacial score (nSPS) is 23.7. The van der Waals surface area contributed by atoms with Gasteiger partial charge in [-0.05, 0) is 43.0 Å². The van der Waals surface area contributed by atoms with Gasteiger partial charge in [0.25, 0.3) is 5.91 Å². The number of nitrogens with two attached hydrogens (primary N) is 2. The number of nitrogens with one attached hydrogen (secondary N) is 2. The van der Waals surface area contributed by atoms with E-state index in [-0.39, 0.29) is 39.0 Å². The number of allylic oxidation sites excluding steroid dienone is 3. The first kappa shape index (κ1) is 27.1.